The molecule has 0 saturated heterocycles. The summed E-state index contributed by atoms with van der Waals surface area (Å²) in [5.41, 5.74) is 1.14. The predicted octanol–water partition coefficient (Wildman–Crippen LogP) is 3.76. The number of rotatable bonds is 7. The van der Waals surface area contributed by atoms with Gasteiger partial charge in [-0.15, -0.1) is 0 Å². The summed E-state index contributed by atoms with van der Waals surface area (Å²) in [5, 5.41) is 3.38. The quantitative estimate of drug-likeness (QED) is 0.834. The van der Waals surface area contributed by atoms with Gasteiger partial charge in [0.25, 0.3) is 0 Å². The average molecular weight is 339 g/mol. The summed E-state index contributed by atoms with van der Waals surface area (Å²) in [7, 11) is 0. The van der Waals surface area contributed by atoms with Crippen LogP contribution in [0.3, 0.4) is 0 Å². The average Bonchev–Trinajstić information content (AvgIpc) is 2.84. The van der Waals surface area contributed by atoms with Crippen LogP contribution in [0.15, 0.2) is 39.7 Å². The monoisotopic (exact) mass is 338 g/mol. The van der Waals surface area contributed by atoms with Crippen molar-refractivity contribution in [2.75, 3.05) is 6.54 Å². The summed E-state index contributed by atoms with van der Waals surface area (Å²) < 4.78 is 12.0. The molecular formula is C15H19BrN2O2. The molecule has 0 aliphatic carbocycles. The Labute approximate surface area is 127 Å². The molecule has 2 rings (SSSR count). The highest BCUT2D eigenvalue weighted by atomic mass is 79.9. The smallest absolute Gasteiger partial charge is 0.146 e. The standard InChI is InChI=1S/C15H19BrN2O2/c1-11(2)5-17-6-12-3-15(19-9-12)10-20-14-4-13(16)7-18-8-14/h3-4,7-9,11,17H,5-6,10H2,1-2H3. The number of hydrogen-bond acceptors (Lipinski definition) is 4. The Morgan fingerprint density at radius 2 is 2.20 bits per heavy atom. The minimum absolute atomic E-state index is 0.405. The Hall–Kier alpha value is -1.33. The highest BCUT2D eigenvalue weighted by Gasteiger charge is 2.04. The molecule has 0 fully saturated rings. The van der Waals surface area contributed by atoms with Crippen molar-refractivity contribution in [1.82, 2.24) is 10.3 Å². The van der Waals surface area contributed by atoms with Crippen molar-refractivity contribution in [3.63, 3.8) is 0 Å². The molecule has 1 N–H and O–H groups in total. The minimum atomic E-state index is 0.405. The third-order valence-corrected chi connectivity index (χ3v) is 3.08. The van der Waals surface area contributed by atoms with Crippen molar-refractivity contribution >= 4 is 15.9 Å². The number of halogens is 1. The van der Waals surface area contributed by atoms with Gasteiger partial charge >= 0.3 is 0 Å². The van der Waals surface area contributed by atoms with Crippen LogP contribution >= 0.6 is 15.9 Å². The van der Waals surface area contributed by atoms with Gasteiger partial charge in [0, 0.05) is 22.8 Å². The van der Waals surface area contributed by atoms with E-state index in [1.54, 1.807) is 18.7 Å². The van der Waals surface area contributed by atoms with Gasteiger partial charge in [-0.05, 0) is 40.5 Å². The Balaban J connectivity index is 1.80. The molecule has 0 aliphatic heterocycles. The van der Waals surface area contributed by atoms with E-state index in [0.29, 0.717) is 12.5 Å². The lowest BCUT2D eigenvalue weighted by Gasteiger charge is -2.05. The van der Waals surface area contributed by atoms with Crippen molar-refractivity contribution in [1.29, 1.82) is 0 Å². The third-order valence-electron chi connectivity index (χ3n) is 2.65. The van der Waals surface area contributed by atoms with Crippen LogP contribution in [-0.2, 0) is 13.2 Å². The number of aromatic nitrogens is 1. The summed E-state index contributed by atoms with van der Waals surface area (Å²) in [5.74, 6) is 2.18. The van der Waals surface area contributed by atoms with E-state index < -0.39 is 0 Å². The summed E-state index contributed by atoms with van der Waals surface area (Å²) in [4.78, 5) is 4.05. The van der Waals surface area contributed by atoms with Crippen LogP contribution in [0.1, 0.15) is 25.2 Å². The zero-order valence-corrected chi connectivity index (χ0v) is 13.3. The number of pyridine rings is 1. The van der Waals surface area contributed by atoms with E-state index in [-0.39, 0.29) is 0 Å². The lowest BCUT2D eigenvalue weighted by molar-refractivity contribution is 0.269. The first-order chi connectivity index (χ1) is 9.63. The molecule has 2 aromatic rings. The van der Waals surface area contributed by atoms with E-state index >= 15 is 0 Å². The molecule has 0 bridgehead atoms. The van der Waals surface area contributed by atoms with Crippen LogP contribution in [-0.4, -0.2) is 11.5 Å². The molecule has 0 aromatic carbocycles. The zero-order valence-electron chi connectivity index (χ0n) is 11.7. The van der Waals surface area contributed by atoms with Gasteiger partial charge in [0.1, 0.15) is 18.1 Å². The lowest BCUT2D eigenvalue weighted by Crippen LogP contribution is -2.18. The summed E-state index contributed by atoms with van der Waals surface area (Å²) in [6.07, 6.45) is 5.17. The van der Waals surface area contributed by atoms with Gasteiger partial charge in [0.15, 0.2) is 0 Å². The molecule has 5 heteroatoms. The highest BCUT2D eigenvalue weighted by molar-refractivity contribution is 9.10. The van der Waals surface area contributed by atoms with Crippen molar-refractivity contribution in [3.05, 3.63) is 46.6 Å². The van der Waals surface area contributed by atoms with E-state index in [0.717, 1.165) is 34.6 Å². The molecule has 0 spiro atoms. The van der Waals surface area contributed by atoms with Gasteiger partial charge in [-0.1, -0.05) is 13.8 Å². The first-order valence-corrected chi connectivity index (χ1v) is 7.43. The molecule has 4 nitrogen and oxygen atoms in total. The van der Waals surface area contributed by atoms with E-state index in [2.05, 4.69) is 40.1 Å². The van der Waals surface area contributed by atoms with Gasteiger partial charge < -0.3 is 14.5 Å². The fraction of sp³-hybridized carbons (Fsp3) is 0.400. The maximum absolute atomic E-state index is 5.62. The Morgan fingerprint density at radius 1 is 1.35 bits per heavy atom. The van der Waals surface area contributed by atoms with Crippen LogP contribution < -0.4 is 10.1 Å². The van der Waals surface area contributed by atoms with Crippen LogP contribution in [0, 0.1) is 5.92 Å². The third kappa shape index (κ3) is 4.98. The van der Waals surface area contributed by atoms with E-state index in [4.69, 9.17) is 9.15 Å². The van der Waals surface area contributed by atoms with E-state index in [1.807, 2.05) is 12.1 Å². The Bertz CT molecular complexity index is 540. The summed E-state index contributed by atoms with van der Waals surface area (Å²) >= 11 is 3.36. The molecule has 2 aromatic heterocycles. The van der Waals surface area contributed by atoms with Gasteiger partial charge in [-0.2, -0.15) is 0 Å². The fourth-order valence-electron chi connectivity index (χ4n) is 1.73. The van der Waals surface area contributed by atoms with Gasteiger partial charge in [0.2, 0.25) is 0 Å². The number of ether oxygens (including phenoxy) is 1. The van der Waals surface area contributed by atoms with Gasteiger partial charge in [-0.25, -0.2) is 0 Å². The number of hydrogen-bond donors (Lipinski definition) is 1. The number of nitrogens with zero attached hydrogens (tertiary/aromatic N) is 1. The zero-order chi connectivity index (χ0) is 14.4. The molecule has 108 valence electrons. The number of furan rings is 1. The van der Waals surface area contributed by atoms with Crippen LogP contribution in [0.25, 0.3) is 0 Å². The van der Waals surface area contributed by atoms with Gasteiger partial charge in [0.05, 0.1) is 12.5 Å². The molecule has 0 unspecified atom stereocenters. The minimum Gasteiger partial charge on any atom is -0.484 e. The van der Waals surface area contributed by atoms with Crippen molar-refractivity contribution in [3.8, 4) is 5.75 Å². The second-order valence-corrected chi connectivity index (χ2v) is 5.99. The Morgan fingerprint density at radius 3 is 2.95 bits per heavy atom. The molecule has 20 heavy (non-hydrogen) atoms. The van der Waals surface area contributed by atoms with Crippen molar-refractivity contribution in [2.24, 2.45) is 5.92 Å². The molecule has 0 atom stereocenters. The number of nitrogens with one attached hydrogen (secondary N) is 1. The van der Waals surface area contributed by atoms with Crippen molar-refractivity contribution in [2.45, 2.75) is 27.0 Å². The predicted molar refractivity (Wildman–Crippen MR) is 81.5 cm³/mol. The van der Waals surface area contributed by atoms with Crippen LogP contribution in [0.4, 0.5) is 0 Å². The SMILES string of the molecule is CC(C)CNCc1coc(COc2cncc(Br)c2)c1. The highest BCUT2D eigenvalue weighted by Crippen LogP contribution is 2.18. The molecule has 0 amide bonds. The van der Waals surface area contributed by atoms with E-state index in [9.17, 15) is 0 Å². The summed E-state index contributed by atoms with van der Waals surface area (Å²) in [6, 6.07) is 3.89. The first kappa shape index (κ1) is 15.1. The molecular weight excluding hydrogens is 320 g/mol. The topological polar surface area (TPSA) is 47.3 Å². The maximum atomic E-state index is 5.62. The molecule has 0 radical (unpaired) electrons. The normalized spacial score (nSPS) is 11.0. The second-order valence-electron chi connectivity index (χ2n) is 5.07. The molecule has 0 saturated carbocycles. The van der Waals surface area contributed by atoms with Crippen LogP contribution in [0.5, 0.6) is 5.75 Å². The van der Waals surface area contributed by atoms with Crippen LogP contribution in [0.2, 0.25) is 0 Å². The van der Waals surface area contributed by atoms with Crippen molar-refractivity contribution < 1.29 is 9.15 Å². The second kappa shape index (κ2) is 7.45. The van der Waals surface area contributed by atoms with E-state index in [1.165, 1.54) is 0 Å². The lowest BCUT2D eigenvalue weighted by atomic mass is 10.2. The molecule has 2 heterocycles. The maximum Gasteiger partial charge on any atom is 0.146 e. The first-order valence-electron chi connectivity index (χ1n) is 6.64. The summed E-state index contributed by atoms with van der Waals surface area (Å²) in [6.45, 7) is 6.60. The Kier molecular flexibility index (Phi) is 5.61. The fourth-order valence-corrected chi connectivity index (χ4v) is 2.07. The largest absolute Gasteiger partial charge is 0.484 e. The van der Waals surface area contributed by atoms with Gasteiger partial charge in [-0.3, -0.25) is 4.98 Å². The molecule has 0 aliphatic rings.